The zero-order chi connectivity index (χ0) is 18.7. The highest BCUT2D eigenvalue weighted by Gasteiger charge is 2.26. The first kappa shape index (κ1) is 19.3. The lowest BCUT2D eigenvalue weighted by Gasteiger charge is -2.36. The standard InChI is InChI=1S/C20H30ClN3O2/c1-20(2,3)26-19(25)24-12-10-22(11-13-24)15-16-14-17(21)6-7-18(16)23-8-4-5-9-23/h6-7,14H,4-5,8-13,15H2,1-3H3. The lowest BCUT2D eigenvalue weighted by atomic mass is 10.1. The van der Waals surface area contributed by atoms with Crippen molar-refractivity contribution < 1.29 is 9.53 Å². The van der Waals surface area contributed by atoms with Crippen molar-refractivity contribution in [1.29, 1.82) is 0 Å². The van der Waals surface area contributed by atoms with Crippen molar-refractivity contribution >= 4 is 23.4 Å². The summed E-state index contributed by atoms with van der Waals surface area (Å²) in [5, 5.41) is 0.787. The number of benzene rings is 1. The molecule has 2 aliphatic rings. The van der Waals surface area contributed by atoms with Crippen molar-refractivity contribution in [2.45, 2.75) is 45.8 Å². The van der Waals surface area contributed by atoms with E-state index in [1.165, 1.54) is 24.1 Å². The van der Waals surface area contributed by atoms with Crippen LogP contribution in [0.4, 0.5) is 10.5 Å². The van der Waals surface area contributed by atoms with Gasteiger partial charge in [0.15, 0.2) is 0 Å². The van der Waals surface area contributed by atoms with Crippen molar-refractivity contribution in [2.75, 3.05) is 44.2 Å². The van der Waals surface area contributed by atoms with E-state index in [-0.39, 0.29) is 6.09 Å². The van der Waals surface area contributed by atoms with Gasteiger partial charge in [-0.05, 0) is 57.4 Å². The number of anilines is 1. The van der Waals surface area contributed by atoms with Gasteiger partial charge in [-0.15, -0.1) is 0 Å². The Morgan fingerprint density at radius 1 is 1.08 bits per heavy atom. The molecule has 0 spiro atoms. The molecule has 0 bridgehead atoms. The molecule has 0 unspecified atom stereocenters. The predicted molar refractivity (Wildman–Crippen MR) is 106 cm³/mol. The van der Waals surface area contributed by atoms with Gasteiger partial charge < -0.3 is 14.5 Å². The molecule has 2 saturated heterocycles. The second-order valence-electron chi connectivity index (χ2n) is 8.21. The van der Waals surface area contributed by atoms with Crippen LogP contribution in [0, 0.1) is 0 Å². The molecule has 2 aliphatic heterocycles. The van der Waals surface area contributed by atoms with Crippen molar-refractivity contribution in [3.05, 3.63) is 28.8 Å². The molecule has 6 heteroatoms. The van der Waals surface area contributed by atoms with Crippen LogP contribution >= 0.6 is 11.6 Å². The minimum absolute atomic E-state index is 0.210. The van der Waals surface area contributed by atoms with E-state index in [2.05, 4.69) is 21.9 Å². The topological polar surface area (TPSA) is 36.0 Å². The number of carbonyl (C=O) groups is 1. The Kier molecular flexibility index (Phi) is 5.98. The lowest BCUT2D eigenvalue weighted by molar-refractivity contribution is 0.0139. The van der Waals surface area contributed by atoms with Gasteiger partial charge in [0.1, 0.15) is 5.60 Å². The molecule has 0 aliphatic carbocycles. The number of hydrogen-bond donors (Lipinski definition) is 0. The molecule has 0 aromatic heterocycles. The average molecular weight is 380 g/mol. The monoisotopic (exact) mass is 379 g/mol. The molecule has 1 amide bonds. The third kappa shape index (κ3) is 5.04. The molecular formula is C20H30ClN3O2. The molecule has 2 fully saturated rings. The molecule has 1 aromatic rings. The zero-order valence-electron chi connectivity index (χ0n) is 16.1. The van der Waals surface area contributed by atoms with Crippen molar-refractivity contribution in [3.63, 3.8) is 0 Å². The molecule has 5 nitrogen and oxygen atoms in total. The number of halogens is 1. The molecular weight excluding hydrogens is 350 g/mol. The largest absolute Gasteiger partial charge is 0.444 e. The summed E-state index contributed by atoms with van der Waals surface area (Å²) in [6.45, 7) is 11.9. The van der Waals surface area contributed by atoms with E-state index in [1.807, 2.05) is 26.8 Å². The maximum absolute atomic E-state index is 12.2. The van der Waals surface area contributed by atoms with Crippen LogP contribution in [0.1, 0.15) is 39.2 Å². The number of carbonyl (C=O) groups excluding carboxylic acids is 1. The van der Waals surface area contributed by atoms with E-state index in [9.17, 15) is 4.79 Å². The maximum Gasteiger partial charge on any atom is 0.410 e. The van der Waals surface area contributed by atoms with Crippen LogP contribution < -0.4 is 4.90 Å². The van der Waals surface area contributed by atoms with E-state index >= 15 is 0 Å². The molecule has 1 aromatic carbocycles. The highest BCUT2D eigenvalue weighted by Crippen LogP contribution is 2.28. The molecule has 0 N–H and O–H groups in total. The van der Waals surface area contributed by atoms with Gasteiger partial charge in [0, 0.05) is 56.5 Å². The van der Waals surface area contributed by atoms with Gasteiger partial charge in [-0.25, -0.2) is 4.79 Å². The van der Waals surface area contributed by atoms with Crippen LogP contribution in [0.2, 0.25) is 5.02 Å². The van der Waals surface area contributed by atoms with Crippen LogP contribution in [0.15, 0.2) is 18.2 Å². The number of nitrogens with zero attached hydrogens (tertiary/aromatic N) is 3. The number of rotatable bonds is 3. The van der Waals surface area contributed by atoms with Gasteiger partial charge in [0.05, 0.1) is 0 Å². The predicted octanol–water partition coefficient (Wildman–Crippen LogP) is 3.99. The summed E-state index contributed by atoms with van der Waals surface area (Å²) in [5.41, 5.74) is 2.14. The maximum atomic E-state index is 12.2. The molecule has 144 valence electrons. The Hall–Kier alpha value is -1.46. The van der Waals surface area contributed by atoms with Crippen LogP contribution in [0.25, 0.3) is 0 Å². The number of hydrogen-bond acceptors (Lipinski definition) is 4. The highest BCUT2D eigenvalue weighted by atomic mass is 35.5. The minimum Gasteiger partial charge on any atom is -0.444 e. The Balaban J connectivity index is 1.59. The normalized spacial score (nSPS) is 19.1. The molecule has 3 rings (SSSR count). The van der Waals surface area contributed by atoms with Gasteiger partial charge in [-0.1, -0.05) is 11.6 Å². The number of piperazine rings is 1. The highest BCUT2D eigenvalue weighted by molar-refractivity contribution is 6.30. The van der Waals surface area contributed by atoms with E-state index < -0.39 is 5.60 Å². The average Bonchev–Trinajstić information content (AvgIpc) is 3.08. The first-order valence-electron chi connectivity index (χ1n) is 9.55. The van der Waals surface area contributed by atoms with Gasteiger partial charge in [-0.2, -0.15) is 0 Å². The van der Waals surface area contributed by atoms with E-state index in [4.69, 9.17) is 16.3 Å². The smallest absolute Gasteiger partial charge is 0.410 e. The lowest BCUT2D eigenvalue weighted by Crippen LogP contribution is -2.49. The first-order valence-corrected chi connectivity index (χ1v) is 9.93. The quantitative estimate of drug-likeness (QED) is 0.795. The second kappa shape index (κ2) is 8.05. The van der Waals surface area contributed by atoms with Gasteiger partial charge >= 0.3 is 6.09 Å². The van der Waals surface area contributed by atoms with Crippen molar-refractivity contribution in [2.24, 2.45) is 0 Å². The molecule has 26 heavy (non-hydrogen) atoms. The fourth-order valence-corrected chi connectivity index (χ4v) is 3.80. The summed E-state index contributed by atoms with van der Waals surface area (Å²) in [6.07, 6.45) is 2.31. The van der Waals surface area contributed by atoms with Crippen LogP contribution in [0.5, 0.6) is 0 Å². The van der Waals surface area contributed by atoms with E-state index in [0.29, 0.717) is 13.1 Å². The molecule has 0 atom stereocenters. The molecule has 0 radical (unpaired) electrons. The van der Waals surface area contributed by atoms with Crippen LogP contribution in [-0.2, 0) is 11.3 Å². The fourth-order valence-electron chi connectivity index (χ4n) is 3.60. The Morgan fingerprint density at radius 2 is 1.73 bits per heavy atom. The summed E-state index contributed by atoms with van der Waals surface area (Å²) >= 11 is 6.26. The van der Waals surface area contributed by atoms with Gasteiger partial charge in [0.2, 0.25) is 0 Å². The van der Waals surface area contributed by atoms with Crippen LogP contribution in [0.3, 0.4) is 0 Å². The van der Waals surface area contributed by atoms with E-state index in [1.54, 1.807) is 4.90 Å². The first-order chi connectivity index (χ1) is 12.3. The number of amides is 1. The van der Waals surface area contributed by atoms with E-state index in [0.717, 1.165) is 37.7 Å². The van der Waals surface area contributed by atoms with Crippen LogP contribution in [-0.4, -0.2) is 60.8 Å². The zero-order valence-corrected chi connectivity index (χ0v) is 16.9. The summed E-state index contributed by atoms with van der Waals surface area (Å²) in [4.78, 5) is 18.9. The minimum atomic E-state index is -0.445. The fraction of sp³-hybridized carbons (Fsp3) is 0.650. The summed E-state index contributed by atoms with van der Waals surface area (Å²) in [5.74, 6) is 0. The third-order valence-corrected chi connectivity index (χ3v) is 5.14. The summed E-state index contributed by atoms with van der Waals surface area (Å²) in [7, 11) is 0. The van der Waals surface area contributed by atoms with Gasteiger partial charge in [-0.3, -0.25) is 4.90 Å². The van der Waals surface area contributed by atoms with Crippen molar-refractivity contribution in [3.8, 4) is 0 Å². The van der Waals surface area contributed by atoms with Gasteiger partial charge in [0.25, 0.3) is 0 Å². The third-order valence-electron chi connectivity index (χ3n) is 4.91. The van der Waals surface area contributed by atoms with Crippen molar-refractivity contribution in [1.82, 2.24) is 9.80 Å². The summed E-state index contributed by atoms with van der Waals surface area (Å²) < 4.78 is 5.48. The molecule has 2 heterocycles. The Morgan fingerprint density at radius 3 is 2.35 bits per heavy atom. The molecule has 0 saturated carbocycles. The number of ether oxygens (including phenoxy) is 1. The summed E-state index contributed by atoms with van der Waals surface area (Å²) in [6, 6.07) is 6.23. The Labute approximate surface area is 161 Å². The second-order valence-corrected chi connectivity index (χ2v) is 8.65. The Bertz CT molecular complexity index is 630. The SMILES string of the molecule is CC(C)(C)OC(=O)N1CCN(Cc2cc(Cl)ccc2N2CCCC2)CC1.